The van der Waals surface area contributed by atoms with Crippen LogP contribution in [0.15, 0.2) is 17.7 Å². The van der Waals surface area contributed by atoms with Crippen molar-refractivity contribution >= 4 is 31.5 Å². The summed E-state index contributed by atoms with van der Waals surface area (Å²) in [6, 6.07) is 1.81. The Bertz CT molecular complexity index is 574. The summed E-state index contributed by atoms with van der Waals surface area (Å²) in [6.45, 7) is 8.10. The number of hydrogen-bond donors (Lipinski definition) is 2. The molecule has 2 rings (SSSR count). The van der Waals surface area contributed by atoms with E-state index in [1.54, 1.807) is 12.3 Å². The van der Waals surface area contributed by atoms with Gasteiger partial charge in [0.15, 0.2) is 0 Å². The van der Waals surface area contributed by atoms with E-state index in [1.165, 1.54) is 7.11 Å². The van der Waals surface area contributed by atoms with E-state index in [1.807, 2.05) is 33.8 Å². The number of rotatable bonds is 4. The molecule has 1 aromatic heterocycles. The number of nitrogens with two attached hydrogens (primary N) is 1. The van der Waals surface area contributed by atoms with Gasteiger partial charge in [-0.3, -0.25) is 0 Å². The molecule has 120 valence electrons. The Kier molecular flexibility index (Phi) is 4.80. The van der Waals surface area contributed by atoms with Crippen molar-refractivity contribution in [2.24, 2.45) is 0 Å². The summed E-state index contributed by atoms with van der Waals surface area (Å²) in [5.41, 5.74) is 7.41. The van der Waals surface area contributed by atoms with E-state index >= 15 is 0 Å². The van der Waals surface area contributed by atoms with Crippen LogP contribution in [0, 0.1) is 0 Å². The lowest BCUT2D eigenvalue weighted by molar-refractivity contribution is 0.00578. The first-order chi connectivity index (χ1) is 10.2. The maximum absolute atomic E-state index is 6.05. The van der Waals surface area contributed by atoms with E-state index in [-0.39, 0.29) is 11.2 Å². The van der Waals surface area contributed by atoms with Crippen molar-refractivity contribution < 1.29 is 14.0 Å². The topological polar surface area (TPSA) is 66.6 Å². The van der Waals surface area contributed by atoms with Crippen molar-refractivity contribution in [3.05, 3.63) is 23.3 Å². The molecule has 0 amide bonds. The van der Waals surface area contributed by atoms with Gasteiger partial charge in [-0.05, 0) is 44.8 Å². The maximum Gasteiger partial charge on any atom is 0.491 e. The Morgan fingerprint density at radius 3 is 2.41 bits per heavy atom. The lowest BCUT2D eigenvalue weighted by Gasteiger charge is -2.32. The van der Waals surface area contributed by atoms with Gasteiger partial charge in [0.1, 0.15) is 0 Å². The SMILES string of the molecule is COc1ncc(C=C(CS)B2OC(C)(C)C(C)(C)O2)cc1N. The number of ether oxygens (including phenoxy) is 1. The second kappa shape index (κ2) is 6.14. The molecule has 0 aromatic carbocycles. The highest BCUT2D eigenvalue weighted by Crippen LogP contribution is 2.39. The van der Waals surface area contributed by atoms with Gasteiger partial charge in [0, 0.05) is 11.9 Å². The average Bonchev–Trinajstić information content (AvgIpc) is 2.65. The zero-order valence-corrected chi connectivity index (χ0v) is 14.6. The first-order valence-corrected chi connectivity index (χ1v) is 7.80. The normalized spacial score (nSPS) is 20.3. The Labute approximate surface area is 137 Å². The minimum Gasteiger partial charge on any atom is -0.480 e. The molecule has 5 nitrogen and oxygen atoms in total. The Balaban J connectivity index is 2.27. The number of pyridine rings is 1. The van der Waals surface area contributed by atoms with Gasteiger partial charge in [-0.1, -0.05) is 6.08 Å². The van der Waals surface area contributed by atoms with E-state index in [2.05, 4.69) is 17.6 Å². The predicted molar refractivity (Wildman–Crippen MR) is 93.1 cm³/mol. The highest BCUT2D eigenvalue weighted by Gasteiger charge is 2.52. The van der Waals surface area contributed by atoms with E-state index in [0.717, 1.165) is 11.0 Å². The third-order valence-corrected chi connectivity index (χ3v) is 4.55. The van der Waals surface area contributed by atoms with Crippen molar-refractivity contribution in [3.8, 4) is 5.88 Å². The molecule has 1 fully saturated rings. The molecule has 0 radical (unpaired) electrons. The van der Waals surface area contributed by atoms with Gasteiger partial charge in [-0.15, -0.1) is 0 Å². The van der Waals surface area contributed by atoms with Crippen LogP contribution in [0.3, 0.4) is 0 Å². The summed E-state index contributed by atoms with van der Waals surface area (Å²) in [5, 5.41) is 0. The molecular weight excluding hydrogens is 299 g/mol. The van der Waals surface area contributed by atoms with Crippen molar-refractivity contribution in [2.45, 2.75) is 38.9 Å². The largest absolute Gasteiger partial charge is 0.491 e. The number of nitrogen functional groups attached to an aromatic ring is 1. The van der Waals surface area contributed by atoms with Crippen LogP contribution < -0.4 is 10.5 Å². The number of hydrogen-bond acceptors (Lipinski definition) is 6. The van der Waals surface area contributed by atoms with E-state index in [9.17, 15) is 0 Å². The summed E-state index contributed by atoms with van der Waals surface area (Å²) in [6.07, 6.45) is 3.64. The van der Waals surface area contributed by atoms with Crippen LogP contribution in [0.5, 0.6) is 5.88 Å². The van der Waals surface area contributed by atoms with Crippen molar-refractivity contribution in [1.82, 2.24) is 4.98 Å². The summed E-state index contributed by atoms with van der Waals surface area (Å²) < 4.78 is 17.2. The fourth-order valence-corrected chi connectivity index (χ4v) is 2.37. The molecule has 0 aliphatic carbocycles. The molecular formula is C15H23BN2O3S. The standard InChI is InChI=1S/C15H23BN2O3S/c1-14(2)15(3,4)21-16(20-14)11(9-22)6-10-7-12(17)13(19-5)18-8-10/h6-8,22H,9,17H2,1-5H3. The molecule has 0 bridgehead atoms. The van der Waals surface area contributed by atoms with Gasteiger partial charge in [0.25, 0.3) is 0 Å². The molecule has 22 heavy (non-hydrogen) atoms. The van der Waals surface area contributed by atoms with Gasteiger partial charge >= 0.3 is 7.12 Å². The number of aromatic nitrogens is 1. The minimum absolute atomic E-state index is 0.378. The molecule has 0 spiro atoms. The van der Waals surface area contributed by atoms with Gasteiger partial charge in [0.2, 0.25) is 5.88 Å². The van der Waals surface area contributed by atoms with E-state index in [0.29, 0.717) is 17.3 Å². The zero-order valence-electron chi connectivity index (χ0n) is 13.7. The molecule has 0 saturated carbocycles. The molecule has 0 atom stereocenters. The molecule has 1 aromatic rings. The average molecular weight is 322 g/mol. The number of methoxy groups -OCH3 is 1. The summed E-state index contributed by atoms with van der Waals surface area (Å²) in [7, 11) is 1.11. The second-order valence-corrected chi connectivity index (χ2v) is 6.65. The molecule has 1 aliphatic heterocycles. The molecule has 2 heterocycles. The number of nitrogens with zero attached hydrogens (tertiary/aromatic N) is 1. The van der Waals surface area contributed by atoms with Crippen LogP contribution >= 0.6 is 12.6 Å². The van der Waals surface area contributed by atoms with Crippen molar-refractivity contribution in [3.63, 3.8) is 0 Å². The summed E-state index contributed by atoms with van der Waals surface area (Å²) in [4.78, 5) is 4.17. The van der Waals surface area contributed by atoms with Crippen LogP contribution in [0.25, 0.3) is 6.08 Å². The minimum atomic E-state index is -0.425. The van der Waals surface area contributed by atoms with Crippen molar-refractivity contribution in [1.29, 1.82) is 0 Å². The van der Waals surface area contributed by atoms with Crippen molar-refractivity contribution in [2.75, 3.05) is 18.6 Å². The highest BCUT2D eigenvalue weighted by molar-refractivity contribution is 7.80. The third-order valence-electron chi connectivity index (χ3n) is 4.18. The van der Waals surface area contributed by atoms with Crippen LogP contribution in [-0.2, 0) is 9.31 Å². The fourth-order valence-electron chi connectivity index (χ4n) is 2.13. The zero-order chi connectivity index (χ0) is 16.5. The molecule has 7 heteroatoms. The lowest BCUT2D eigenvalue weighted by atomic mass is 9.78. The maximum atomic E-state index is 6.05. The highest BCUT2D eigenvalue weighted by atomic mass is 32.1. The fraction of sp³-hybridized carbons (Fsp3) is 0.533. The Hall–Kier alpha value is -1.18. The second-order valence-electron chi connectivity index (χ2n) is 6.33. The van der Waals surface area contributed by atoms with E-state index < -0.39 is 7.12 Å². The molecule has 1 aliphatic rings. The van der Waals surface area contributed by atoms with Crippen LogP contribution in [0.4, 0.5) is 5.69 Å². The number of anilines is 1. The Morgan fingerprint density at radius 2 is 1.95 bits per heavy atom. The number of thiol groups is 1. The monoisotopic (exact) mass is 322 g/mol. The van der Waals surface area contributed by atoms with Gasteiger partial charge < -0.3 is 19.8 Å². The smallest absolute Gasteiger partial charge is 0.480 e. The first kappa shape index (κ1) is 17.2. The quantitative estimate of drug-likeness (QED) is 0.659. The van der Waals surface area contributed by atoms with Gasteiger partial charge in [-0.2, -0.15) is 12.6 Å². The summed E-state index contributed by atoms with van der Waals surface area (Å²) >= 11 is 4.39. The van der Waals surface area contributed by atoms with Crippen LogP contribution in [0.1, 0.15) is 33.3 Å². The Morgan fingerprint density at radius 1 is 1.36 bits per heavy atom. The van der Waals surface area contributed by atoms with Crippen LogP contribution in [-0.4, -0.2) is 36.2 Å². The first-order valence-electron chi connectivity index (χ1n) is 7.16. The van der Waals surface area contributed by atoms with Gasteiger partial charge in [-0.25, -0.2) is 4.98 Å². The predicted octanol–water partition coefficient (Wildman–Crippen LogP) is 2.62. The van der Waals surface area contributed by atoms with Gasteiger partial charge in [0.05, 0.1) is 24.0 Å². The molecule has 2 N–H and O–H groups in total. The van der Waals surface area contributed by atoms with Crippen LogP contribution in [0.2, 0.25) is 0 Å². The molecule has 0 unspecified atom stereocenters. The third kappa shape index (κ3) is 3.26. The molecule has 1 saturated heterocycles. The summed E-state index contributed by atoms with van der Waals surface area (Å²) in [5.74, 6) is 0.933. The lowest BCUT2D eigenvalue weighted by Crippen LogP contribution is -2.41. The van der Waals surface area contributed by atoms with E-state index in [4.69, 9.17) is 19.8 Å².